The summed E-state index contributed by atoms with van der Waals surface area (Å²) in [5.74, 6) is 1.55. The van der Waals surface area contributed by atoms with Crippen LogP contribution in [0.25, 0.3) is 5.76 Å². The quantitative estimate of drug-likeness (QED) is 0.668. The highest BCUT2D eigenvalue weighted by Gasteiger charge is 2.02. The first-order valence-electron chi connectivity index (χ1n) is 5.58. The third-order valence-electron chi connectivity index (χ3n) is 2.42. The molecule has 1 aromatic carbocycles. The van der Waals surface area contributed by atoms with Crippen molar-refractivity contribution in [3.8, 4) is 0 Å². The molecule has 0 spiro atoms. The van der Waals surface area contributed by atoms with Crippen molar-refractivity contribution in [1.82, 2.24) is 0 Å². The Kier molecular flexibility index (Phi) is 4.41. The predicted molar refractivity (Wildman–Crippen MR) is 65.8 cm³/mol. The summed E-state index contributed by atoms with van der Waals surface area (Å²) in [6, 6.07) is 8.59. The van der Waals surface area contributed by atoms with Crippen LogP contribution in [0.1, 0.15) is 44.7 Å². The highest BCUT2D eigenvalue weighted by atomic mass is 16.5. The Labute approximate surface area is 92.8 Å². The Morgan fingerprint density at radius 1 is 1.27 bits per heavy atom. The molecular formula is C14H20O. The second kappa shape index (κ2) is 5.59. The maximum atomic E-state index is 5.54. The normalized spacial score (nSPS) is 11.9. The SMILES string of the molecule is CC=C(OCC)c1ccc(C(C)C)cc1. The minimum absolute atomic E-state index is 0.584. The summed E-state index contributed by atoms with van der Waals surface area (Å²) in [5, 5.41) is 0. The van der Waals surface area contributed by atoms with E-state index in [0.717, 1.165) is 11.3 Å². The van der Waals surface area contributed by atoms with Gasteiger partial charge in [-0.3, -0.25) is 0 Å². The van der Waals surface area contributed by atoms with Gasteiger partial charge in [-0.2, -0.15) is 0 Å². The average molecular weight is 204 g/mol. The second-order valence-corrected chi connectivity index (χ2v) is 3.86. The maximum Gasteiger partial charge on any atom is 0.122 e. The van der Waals surface area contributed by atoms with E-state index in [1.54, 1.807) is 0 Å². The zero-order valence-electron chi connectivity index (χ0n) is 10.1. The van der Waals surface area contributed by atoms with Crippen LogP contribution < -0.4 is 0 Å². The van der Waals surface area contributed by atoms with Gasteiger partial charge in [0, 0.05) is 5.56 Å². The molecule has 1 nitrogen and oxygen atoms in total. The van der Waals surface area contributed by atoms with Gasteiger partial charge in [-0.15, -0.1) is 0 Å². The van der Waals surface area contributed by atoms with E-state index < -0.39 is 0 Å². The zero-order chi connectivity index (χ0) is 11.3. The molecule has 0 unspecified atom stereocenters. The minimum Gasteiger partial charge on any atom is -0.494 e. The molecule has 15 heavy (non-hydrogen) atoms. The van der Waals surface area contributed by atoms with Gasteiger partial charge in [0.1, 0.15) is 5.76 Å². The van der Waals surface area contributed by atoms with Crippen LogP contribution >= 0.6 is 0 Å². The average Bonchev–Trinajstić information content (AvgIpc) is 2.26. The van der Waals surface area contributed by atoms with Gasteiger partial charge in [0.25, 0.3) is 0 Å². The fourth-order valence-electron chi connectivity index (χ4n) is 1.52. The largest absolute Gasteiger partial charge is 0.494 e. The van der Waals surface area contributed by atoms with Gasteiger partial charge in [-0.05, 0) is 31.4 Å². The molecule has 0 N–H and O–H groups in total. The zero-order valence-corrected chi connectivity index (χ0v) is 10.1. The molecule has 0 aliphatic heterocycles. The minimum atomic E-state index is 0.584. The molecule has 0 heterocycles. The summed E-state index contributed by atoms with van der Waals surface area (Å²) >= 11 is 0. The maximum absolute atomic E-state index is 5.54. The molecule has 0 radical (unpaired) electrons. The molecule has 0 saturated carbocycles. The first-order chi connectivity index (χ1) is 7.19. The first-order valence-corrected chi connectivity index (χ1v) is 5.58. The number of hydrogen-bond donors (Lipinski definition) is 0. The van der Waals surface area contributed by atoms with Crippen LogP contribution in [0.3, 0.4) is 0 Å². The fourth-order valence-corrected chi connectivity index (χ4v) is 1.52. The lowest BCUT2D eigenvalue weighted by molar-refractivity contribution is 0.297. The molecule has 0 aliphatic rings. The van der Waals surface area contributed by atoms with Gasteiger partial charge in [0.15, 0.2) is 0 Å². The van der Waals surface area contributed by atoms with E-state index in [2.05, 4.69) is 38.1 Å². The van der Waals surface area contributed by atoms with Crippen molar-refractivity contribution in [3.05, 3.63) is 41.5 Å². The van der Waals surface area contributed by atoms with Crippen molar-refractivity contribution in [2.24, 2.45) is 0 Å². The molecule has 0 aliphatic carbocycles. The van der Waals surface area contributed by atoms with Crippen molar-refractivity contribution >= 4 is 5.76 Å². The van der Waals surface area contributed by atoms with Gasteiger partial charge in [-0.1, -0.05) is 38.1 Å². The Hall–Kier alpha value is -1.24. The monoisotopic (exact) mass is 204 g/mol. The first kappa shape index (κ1) is 11.8. The van der Waals surface area contributed by atoms with Gasteiger partial charge >= 0.3 is 0 Å². The van der Waals surface area contributed by atoms with Crippen molar-refractivity contribution in [3.63, 3.8) is 0 Å². The molecule has 0 saturated heterocycles. The van der Waals surface area contributed by atoms with E-state index in [1.807, 2.05) is 19.9 Å². The van der Waals surface area contributed by atoms with Gasteiger partial charge < -0.3 is 4.74 Å². The summed E-state index contributed by atoms with van der Waals surface area (Å²) in [5.41, 5.74) is 2.52. The Bertz CT molecular complexity index is 320. The molecule has 0 bridgehead atoms. The van der Waals surface area contributed by atoms with Crippen molar-refractivity contribution in [2.45, 2.75) is 33.6 Å². The van der Waals surface area contributed by atoms with E-state index >= 15 is 0 Å². The molecule has 0 fully saturated rings. The van der Waals surface area contributed by atoms with Crippen molar-refractivity contribution in [1.29, 1.82) is 0 Å². The number of allylic oxidation sites excluding steroid dienone is 1. The smallest absolute Gasteiger partial charge is 0.122 e. The third kappa shape index (κ3) is 3.12. The van der Waals surface area contributed by atoms with Gasteiger partial charge in [0.05, 0.1) is 6.61 Å². The summed E-state index contributed by atoms with van der Waals surface area (Å²) in [7, 11) is 0. The lowest BCUT2D eigenvalue weighted by Crippen LogP contribution is -1.93. The summed E-state index contributed by atoms with van der Waals surface area (Å²) in [4.78, 5) is 0. The van der Waals surface area contributed by atoms with Crippen LogP contribution in [-0.2, 0) is 4.74 Å². The highest BCUT2D eigenvalue weighted by molar-refractivity contribution is 5.59. The van der Waals surface area contributed by atoms with E-state index in [4.69, 9.17) is 4.74 Å². The molecule has 0 amide bonds. The number of benzene rings is 1. The summed E-state index contributed by atoms with van der Waals surface area (Å²) in [6.45, 7) is 9.13. The lowest BCUT2D eigenvalue weighted by Gasteiger charge is -2.10. The number of ether oxygens (including phenoxy) is 1. The van der Waals surface area contributed by atoms with Crippen LogP contribution in [0.15, 0.2) is 30.3 Å². The van der Waals surface area contributed by atoms with Crippen molar-refractivity contribution in [2.75, 3.05) is 6.61 Å². The molecule has 0 aromatic heterocycles. The topological polar surface area (TPSA) is 9.23 Å². The fraction of sp³-hybridized carbons (Fsp3) is 0.429. The Balaban J connectivity index is 2.87. The van der Waals surface area contributed by atoms with E-state index in [-0.39, 0.29) is 0 Å². The summed E-state index contributed by atoms with van der Waals surface area (Å²) in [6.07, 6.45) is 2.01. The van der Waals surface area contributed by atoms with Gasteiger partial charge in [0.2, 0.25) is 0 Å². The van der Waals surface area contributed by atoms with Crippen LogP contribution in [-0.4, -0.2) is 6.61 Å². The van der Waals surface area contributed by atoms with E-state index in [9.17, 15) is 0 Å². The Morgan fingerprint density at radius 2 is 1.87 bits per heavy atom. The molecule has 0 atom stereocenters. The van der Waals surface area contributed by atoms with Crippen LogP contribution in [0.5, 0.6) is 0 Å². The van der Waals surface area contributed by atoms with E-state index in [1.165, 1.54) is 5.56 Å². The van der Waals surface area contributed by atoms with Crippen LogP contribution in [0, 0.1) is 0 Å². The summed E-state index contributed by atoms with van der Waals surface area (Å²) < 4.78 is 5.54. The number of rotatable bonds is 4. The lowest BCUT2D eigenvalue weighted by atomic mass is 10.0. The number of hydrogen-bond acceptors (Lipinski definition) is 1. The molecule has 1 aromatic rings. The van der Waals surface area contributed by atoms with Crippen LogP contribution in [0.4, 0.5) is 0 Å². The molecular weight excluding hydrogens is 184 g/mol. The van der Waals surface area contributed by atoms with Crippen molar-refractivity contribution < 1.29 is 4.74 Å². The third-order valence-corrected chi connectivity index (χ3v) is 2.42. The van der Waals surface area contributed by atoms with Gasteiger partial charge in [-0.25, -0.2) is 0 Å². The van der Waals surface area contributed by atoms with E-state index in [0.29, 0.717) is 12.5 Å². The highest BCUT2D eigenvalue weighted by Crippen LogP contribution is 2.20. The predicted octanol–water partition coefficient (Wildman–Crippen LogP) is 4.21. The second-order valence-electron chi connectivity index (χ2n) is 3.86. The molecule has 82 valence electrons. The van der Waals surface area contributed by atoms with Crippen LogP contribution in [0.2, 0.25) is 0 Å². The molecule has 1 rings (SSSR count). The molecule has 1 heteroatoms. The Morgan fingerprint density at radius 3 is 2.27 bits per heavy atom. The standard InChI is InChI=1S/C14H20O/c1-5-14(15-6-2)13-9-7-12(8-10-13)11(3)4/h5,7-11H,6H2,1-4H3.